The number of anilines is 1. The second-order valence-corrected chi connectivity index (χ2v) is 9.09. The number of allylic oxidation sites excluding steroid dienone is 1. The normalized spacial score (nSPS) is 17.7. The van der Waals surface area contributed by atoms with E-state index >= 15 is 0 Å². The van der Waals surface area contributed by atoms with E-state index in [-0.39, 0.29) is 24.5 Å². The van der Waals surface area contributed by atoms with Crippen molar-refractivity contribution < 1.29 is 19.1 Å². The summed E-state index contributed by atoms with van der Waals surface area (Å²) in [4.78, 5) is 31.7. The molecule has 0 spiro atoms. The molecule has 2 aromatic carbocycles. The fourth-order valence-electron chi connectivity index (χ4n) is 3.81. The van der Waals surface area contributed by atoms with E-state index in [2.05, 4.69) is 15.2 Å². The summed E-state index contributed by atoms with van der Waals surface area (Å²) in [6.45, 7) is 2.53. The van der Waals surface area contributed by atoms with Crippen molar-refractivity contribution in [1.29, 1.82) is 0 Å². The lowest BCUT2D eigenvalue weighted by Crippen LogP contribution is -2.42. The molecule has 0 aromatic heterocycles. The molecule has 1 saturated heterocycles. The predicted molar refractivity (Wildman–Crippen MR) is 131 cm³/mol. The van der Waals surface area contributed by atoms with Gasteiger partial charge in [0.25, 0.3) is 5.91 Å². The van der Waals surface area contributed by atoms with E-state index < -0.39 is 0 Å². The summed E-state index contributed by atoms with van der Waals surface area (Å²) >= 11 is 7.55. The molecule has 2 heterocycles. The van der Waals surface area contributed by atoms with Crippen LogP contribution in [0.15, 0.2) is 64.8 Å². The average molecular weight is 486 g/mol. The number of hydrogen-bond acceptors (Lipinski definition) is 7. The highest BCUT2D eigenvalue weighted by atomic mass is 35.5. The Morgan fingerprint density at radius 2 is 1.91 bits per heavy atom. The summed E-state index contributed by atoms with van der Waals surface area (Å²) in [5.41, 5.74) is 2.78. The van der Waals surface area contributed by atoms with Crippen molar-refractivity contribution in [3.8, 4) is 5.75 Å². The monoisotopic (exact) mass is 485 g/mol. The third-order valence-electron chi connectivity index (χ3n) is 5.36. The number of amidine groups is 1. The quantitative estimate of drug-likeness (QED) is 0.600. The van der Waals surface area contributed by atoms with Crippen LogP contribution >= 0.6 is 23.4 Å². The number of benzene rings is 2. The first kappa shape index (κ1) is 23.2. The Hall–Kier alpha value is -2.97. The topological polar surface area (TPSA) is 80.2 Å². The molecule has 33 heavy (non-hydrogen) atoms. The van der Waals surface area contributed by atoms with Crippen molar-refractivity contribution in [1.82, 2.24) is 4.90 Å². The molecule has 4 rings (SSSR count). The van der Waals surface area contributed by atoms with Crippen LogP contribution < -0.4 is 10.1 Å². The third kappa shape index (κ3) is 5.34. The maximum atomic E-state index is 12.6. The molecule has 2 aliphatic rings. The number of methoxy groups -OCH3 is 1. The van der Waals surface area contributed by atoms with Gasteiger partial charge in [-0.3, -0.25) is 4.79 Å². The van der Waals surface area contributed by atoms with Crippen molar-refractivity contribution >= 4 is 46.1 Å². The first-order valence-corrected chi connectivity index (χ1v) is 11.9. The molecule has 1 unspecified atom stereocenters. The second-order valence-electron chi connectivity index (χ2n) is 7.60. The number of nitrogens with one attached hydrogen (secondary N) is 1. The number of nitrogens with zero attached hydrogens (tertiary/aromatic N) is 2. The molecule has 7 nitrogen and oxygen atoms in total. The van der Waals surface area contributed by atoms with E-state index in [1.807, 2.05) is 31.2 Å². The molecule has 9 heteroatoms. The van der Waals surface area contributed by atoms with Gasteiger partial charge in [0.1, 0.15) is 5.75 Å². The zero-order chi connectivity index (χ0) is 23.4. The van der Waals surface area contributed by atoms with Gasteiger partial charge in [0.15, 0.2) is 11.8 Å². The number of hydrogen-bond donors (Lipinski definition) is 1. The Morgan fingerprint density at radius 3 is 2.61 bits per heavy atom. The highest BCUT2D eigenvalue weighted by Crippen LogP contribution is 2.40. The summed E-state index contributed by atoms with van der Waals surface area (Å²) in [7, 11) is 1.38. The number of aliphatic imine (C=N–C) groups is 1. The standard InChI is InChI=1S/C24H24ClN3O4S/c1-15-21(23(30)31-2)22(28-12-3-13-33-24(28)26-15)16-4-8-18(9-5-16)27-20(29)14-32-19-10-6-17(25)7-11-19/h4-11,22H,3,12-14H2,1-2H3,(H,27,29). The largest absolute Gasteiger partial charge is 0.484 e. The maximum absolute atomic E-state index is 12.6. The predicted octanol–water partition coefficient (Wildman–Crippen LogP) is 4.65. The summed E-state index contributed by atoms with van der Waals surface area (Å²) in [6, 6.07) is 14.0. The molecule has 2 aliphatic heterocycles. The summed E-state index contributed by atoms with van der Waals surface area (Å²) in [6.07, 6.45) is 1.01. The molecule has 1 N–H and O–H groups in total. The van der Waals surface area contributed by atoms with Gasteiger partial charge in [0.2, 0.25) is 0 Å². The van der Waals surface area contributed by atoms with Crippen LogP contribution in [0, 0.1) is 0 Å². The molecule has 1 amide bonds. The van der Waals surface area contributed by atoms with E-state index in [0.29, 0.717) is 27.7 Å². The number of ether oxygens (including phenoxy) is 2. The summed E-state index contributed by atoms with van der Waals surface area (Å²) in [5, 5.41) is 4.36. The maximum Gasteiger partial charge on any atom is 0.338 e. The highest BCUT2D eigenvalue weighted by molar-refractivity contribution is 8.13. The van der Waals surface area contributed by atoms with Crippen LogP contribution in [-0.2, 0) is 14.3 Å². The lowest BCUT2D eigenvalue weighted by Gasteiger charge is -2.40. The smallest absolute Gasteiger partial charge is 0.338 e. The van der Waals surface area contributed by atoms with Gasteiger partial charge in [0.05, 0.1) is 24.4 Å². The lowest BCUT2D eigenvalue weighted by atomic mass is 9.94. The van der Waals surface area contributed by atoms with E-state index in [0.717, 1.165) is 29.4 Å². The number of esters is 1. The zero-order valence-electron chi connectivity index (χ0n) is 18.3. The number of carbonyl (C=O) groups excluding carboxylic acids is 2. The van der Waals surface area contributed by atoms with Crippen molar-refractivity contribution in [3.63, 3.8) is 0 Å². The van der Waals surface area contributed by atoms with Gasteiger partial charge in [-0.1, -0.05) is 35.5 Å². The first-order chi connectivity index (χ1) is 16.0. The fourth-order valence-corrected chi connectivity index (χ4v) is 4.96. The molecule has 1 atom stereocenters. The minimum Gasteiger partial charge on any atom is -0.484 e. The average Bonchev–Trinajstić information content (AvgIpc) is 2.83. The highest BCUT2D eigenvalue weighted by Gasteiger charge is 2.37. The van der Waals surface area contributed by atoms with Crippen LogP contribution in [0.4, 0.5) is 5.69 Å². The lowest BCUT2D eigenvalue weighted by molar-refractivity contribution is -0.137. The molecule has 2 aromatic rings. The Morgan fingerprint density at radius 1 is 1.18 bits per heavy atom. The second kappa shape index (κ2) is 10.3. The molecular weight excluding hydrogens is 462 g/mol. The molecule has 1 fully saturated rings. The number of rotatable bonds is 6. The van der Waals surface area contributed by atoms with Crippen LogP contribution in [0.2, 0.25) is 5.02 Å². The Kier molecular flexibility index (Phi) is 7.25. The van der Waals surface area contributed by atoms with Crippen molar-refractivity contribution in [3.05, 3.63) is 70.4 Å². The van der Waals surface area contributed by atoms with Gasteiger partial charge < -0.3 is 19.7 Å². The summed E-state index contributed by atoms with van der Waals surface area (Å²) in [5.74, 6) is 0.916. The SMILES string of the molecule is COC(=O)C1=C(C)N=C2SCCCN2C1c1ccc(NC(=O)COc2ccc(Cl)cc2)cc1. The third-order valence-corrected chi connectivity index (χ3v) is 6.69. The number of thioether (sulfide) groups is 1. The Bertz CT molecular complexity index is 1100. The van der Waals surface area contributed by atoms with Crippen molar-refractivity contribution in [2.75, 3.05) is 31.3 Å². The van der Waals surface area contributed by atoms with Crippen LogP contribution in [0.1, 0.15) is 24.9 Å². The van der Waals surface area contributed by atoms with E-state index in [4.69, 9.17) is 21.1 Å². The van der Waals surface area contributed by atoms with Gasteiger partial charge >= 0.3 is 5.97 Å². The number of fused-ring (bicyclic) bond motifs is 1. The Labute approximate surface area is 201 Å². The van der Waals surface area contributed by atoms with Crippen LogP contribution in [0.25, 0.3) is 0 Å². The number of halogens is 1. The van der Waals surface area contributed by atoms with Gasteiger partial charge in [0, 0.05) is 23.0 Å². The molecule has 172 valence electrons. The number of carbonyl (C=O) groups is 2. The molecule has 0 bridgehead atoms. The van der Waals surface area contributed by atoms with Crippen molar-refractivity contribution in [2.24, 2.45) is 4.99 Å². The minimum absolute atomic E-state index is 0.120. The van der Waals surface area contributed by atoms with Crippen LogP contribution in [-0.4, -0.2) is 48.0 Å². The van der Waals surface area contributed by atoms with Gasteiger partial charge in [-0.2, -0.15) is 0 Å². The van der Waals surface area contributed by atoms with Crippen molar-refractivity contribution in [2.45, 2.75) is 19.4 Å². The van der Waals surface area contributed by atoms with Crippen LogP contribution in [0.5, 0.6) is 5.75 Å². The Balaban J connectivity index is 1.48. The fraction of sp³-hybridized carbons (Fsp3) is 0.292. The first-order valence-electron chi connectivity index (χ1n) is 10.5. The molecular formula is C24H24ClN3O4S. The van der Waals surface area contributed by atoms with E-state index in [1.54, 1.807) is 36.0 Å². The van der Waals surface area contributed by atoms with E-state index in [1.165, 1.54) is 7.11 Å². The van der Waals surface area contributed by atoms with Gasteiger partial charge in [-0.25, -0.2) is 9.79 Å². The molecule has 0 radical (unpaired) electrons. The molecule has 0 saturated carbocycles. The zero-order valence-corrected chi connectivity index (χ0v) is 19.9. The minimum atomic E-state index is -0.382. The van der Waals surface area contributed by atoms with Crippen LogP contribution in [0.3, 0.4) is 0 Å². The van der Waals surface area contributed by atoms with Gasteiger partial charge in [-0.15, -0.1) is 0 Å². The molecule has 0 aliphatic carbocycles. The van der Waals surface area contributed by atoms with E-state index in [9.17, 15) is 9.59 Å². The number of amides is 1. The summed E-state index contributed by atoms with van der Waals surface area (Å²) < 4.78 is 10.5. The van der Waals surface area contributed by atoms with Gasteiger partial charge in [-0.05, 0) is 55.3 Å².